The molecule has 2 aromatic rings. The van der Waals surface area contributed by atoms with Crippen molar-refractivity contribution in [3.63, 3.8) is 0 Å². The van der Waals surface area contributed by atoms with Gasteiger partial charge in [-0.2, -0.15) is 5.10 Å². The fraction of sp³-hybridized carbons (Fsp3) is 0.353. The number of carbonyl (C=O) groups is 1. The lowest BCUT2D eigenvalue weighted by Gasteiger charge is -2.36. The van der Waals surface area contributed by atoms with E-state index in [2.05, 4.69) is 33.9 Å². The quantitative estimate of drug-likeness (QED) is 0.642. The molecule has 3 heterocycles. The molecule has 0 aliphatic carbocycles. The maximum absolute atomic E-state index is 12.9. The number of thioether (sulfide) groups is 1. The second kappa shape index (κ2) is 7.53. The van der Waals surface area contributed by atoms with Gasteiger partial charge in [-0.15, -0.1) is 6.58 Å². The number of aromatic amines is 1. The Balaban J connectivity index is 1.69. The lowest BCUT2D eigenvalue weighted by atomic mass is 10.00. The Morgan fingerprint density at radius 1 is 1.58 bits per heavy atom. The Labute approximate surface area is 145 Å². The molecule has 0 bridgehead atoms. The number of nitrogens with one attached hydrogen (secondary N) is 1. The van der Waals surface area contributed by atoms with Gasteiger partial charge >= 0.3 is 0 Å². The van der Waals surface area contributed by atoms with E-state index in [1.807, 2.05) is 24.0 Å². The summed E-state index contributed by atoms with van der Waals surface area (Å²) in [4.78, 5) is 18.8. The second-order valence-corrected chi connectivity index (χ2v) is 6.60. The van der Waals surface area contributed by atoms with Gasteiger partial charge in [-0.1, -0.05) is 30.0 Å². The van der Waals surface area contributed by atoms with Gasteiger partial charge in [0.15, 0.2) is 10.9 Å². The number of rotatable bonds is 6. The molecule has 0 radical (unpaired) electrons. The number of nitrogens with zero attached hydrogens (tertiary/aromatic N) is 3. The van der Waals surface area contributed by atoms with Crippen molar-refractivity contribution >= 4 is 17.7 Å². The molecule has 0 saturated heterocycles. The summed E-state index contributed by atoms with van der Waals surface area (Å²) < 4.78 is 5.75. The van der Waals surface area contributed by atoms with Crippen LogP contribution in [-0.4, -0.2) is 38.1 Å². The van der Waals surface area contributed by atoms with Gasteiger partial charge in [-0.05, 0) is 31.9 Å². The van der Waals surface area contributed by atoms with Crippen LogP contribution >= 0.6 is 11.8 Å². The SMILES string of the molecule is C=CC[C@@H]1CC=C[C@@H](C)N1C(=O)c1ccc(CSc2ncn[nH]2)o1. The topological polar surface area (TPSA) is 75.0 Å². The average molecular weight is 344 g/mol. The smallest absolute Gasteiger partial charge is 0.290 e. The van der Waals surface area contributed by atoms with E-state index in [4.69, 9.17) is 4.42 Å². The largest absolute Gasteiger partial charge is 0.455 e. The first-order valence-corrected chi connectivity index (χ1v) is 8.84. The molecule has 6 nitrogen and oxygen atoms in total. The molecule has 2 atom stereocenters. The van der Waals surface area contributed by atoms with Crippen LogP contribution in [0.1, 0.15) is 36.1 Å². The summed E-state index contributed by atoms with van der Waals surface area (Å²) in [7, 11) is 0. The number of hydrogen-bond donors (Lipinski definition) is 1. The first kappa shape index (κ1) is 16.6. The molecule has 2 aromatic heterocycles. The molecule has 24 heavy (non-hydrogen) atoms. The lowest BCUT2D eigenvalue weighted by molar-refractivity contribution is 0.0587. The van der Waals surface area contributed by atoms with Gasteiger partial charge in [0.2, 0.25) is 0 Å². The van der Waals surface area contributed by atoms with Crippen LogP contribution in [0.2, 0.25) is 0 Å². The van der Waals surface area contributed by atoms with E-state index in [0.29, 0.717) is 11.5 Å². The average Bonchev–Trinajstić information content (AvgIpc) is 3.25. The van der Waals surface area contributed by atoms with Crippen LogP contribution in [-0.2, 0) is 5.75 Å². The Morgan fingerprint density at radius 2 is 2.46 bits per heavy atom. The summed E-state index contributed by atoms with van der Waals surface area (Å²) in [5.41, 5.74) is 0. The number of hydrogen-bond acceptors (Lipinski definition) is 5. The summed E-state index contributed by atoms with van der Waals surface area (Å²) in [6.45, 7) is 5.82. The van der Waals surface area contributed by atoms with Gasteiger partial charge < -0.3 is 9.32 Å². The van der Waals surface area contributed by atoms with Crippen molar-refractivity contribution in [2.45, 2.75) is 42.8 Å². The molecule has 0 saturated carbocycles. The van der Waals surface area contributed by atoms with Crippen LogP contribution in [0.15, 0.2) is 52.8 Å². The van der Waals surface area contributed by atoms with Crippen molar-refractivity contribution in [1.82, 2.24) is 20.1 Å². The normalized spacial score (nSPS) is 20.3. The van der Waals surface area contributed by atoms with E-state index < -0.39 is 0 Å². The molecule has 1 aliphatic heterocycles. The second-order valence-electron chi connectivity index (χ2n) is 5.64. The van der Waals surface area contributed by atoms with Gasteiger partial charge in [0.05, 0.1) is 5.75 Å². The standard InChI is InChI=1S/C17H20N4O2S/c1-3-5-13-7-4-6-12(2)21(13)16(22)15-9-8-14(23-15)10-24-17-18-11-19-20-17/h3-4,6,8-9,11-13H,1,5,7,10H2,2H3,(H,18,19,20)/t12-,13-/m1/s1. The Morgan fingerprint density at radius 3 is 3.21 bits per heavy atom. The van der Waals surface area contributed by atoms with Crippen LogP contribution < -0.4 is 0 Å². The van der Waals surface area contributed by atoms with E-state index >= 15 is 0 Å². The molecule has 0 unspecified atom stereocenters. The maximum atomic E-state index is 12.9. The van der Waals surface area contributed by atoms with Crippen LogP contribution in [0.3, 0.4) is 0 Å². The van der Waals surface area contributed by atoms with Crippen molar-refractivity contribution < 1.29 is 9.21 Å². The zero-order chi connectivity index (χ0) is 16.9. The van der Waals surface area contributed by atoms with Gasteiger partial charge in [-0.25, -0.2) is 4.98 Å². The molecule has 1 amide bonds. The van der Waals surface area contributed by atoms with Crippen molar-refractivity contribution in [3.8, 4) is 0 Å². The highest BCUT2D eigenvalue weighted by atomic mass is 32.2. The zero-order valence-corrected chi connectivity index (χ0v) is 14.3. The van der Waals surface area contributed by atoms with Gasteiger partial charge in [0.25, 0.3) is 5.91 Å². The summed E-state index contributed by atoms with van der Waals surface area (Å²) in [6.07, 6.45) is 9.13. The number of H-pyrrole nitrogens is 1. The fourth-order valence-electron chi connectivity index (χ4n) is 2.83. The predicted molar refractivity (Wildman–Crippen MR) is 92.6 cm³/mol. The van der Waals surface area contributed by atoms with Crippen LogP contribution in [0, 0.1) is 0 Å². The summed E-state index contributed by atoms with van der Waals surface area (Å²) in [5, 5.41) is 7.30. The molecule has 126 valence electrons. The third-order valence-corrected chi connectivity index (χ3v) is 4.84. The fourth-order valence-corrected chi connectivity index (χ4v) is 3.50. The molecule has 0 spiro atoms. The molecule has 1 N–H and O–H groups in total. The molecule has 7 heteroatoms. The van der Waals surface area contributed by atoms with Crippen molar-refractivity contribution in [2.24, 2.45) is 0 Å². The van der Waals surface area contributed by atoms with E-state index in [0.717, 1.165) is 23.8 Å². The van der Waals surface area contributed by atoms with E-state index in [-0.39, 0.29) is 18.0 Å². The lowest BCUT2D eigenvalue weighted by Crippen LogP contribution is -2.46. The highest BCUT2D eigenvalue weighted by molar-refractivity contribution is 7.98. The maximum Gasteiger partial charge on any atom is 0.290 e. The van der Waals surface area contributed by atoms with Crippen molar-refractivity contribution in [2.75, 3.05) is 0 Å². The predicted octanol–water partition coefficient (Wildman–Crippen LogP) is 3.43. The minimum atomic E-state index is -0.0744. The zero-order valence-electron chi connectivity index (χ0n) is 13.5. The molecular weight excluding hydrogens is 324 g/mol. The van der Waals surface area contributed by atoms with Crippen LogP contribution in [0.5, 0.6) is 0 Å². The monoisotopic (exact) mass is 344 g/mol. The third kappa shape index (κ3) is 3.62. The van der Waals surface area contributed by atoms with Gasteiger partial charge in [-0.3, -0.25) is 9.89 Å². The minimum Gasteiger partial charge on any atom is -0.455 e. The number of furan rings is 1. The Kier molecular flexibility index (Phi) is 5.20. The van der Waals surface area contributed by atoms with Crippen molar-refractivity contribution in [1.29, 1.82) is 0 Å². The highest BCUT2D eigenvalue weighted by Gasteiger charge is 2.30. The first-order valence-electron chi connectivity index (χ1n) is 7.86. The molecule has 0 fully saturated rings. The van der Waals surface area contributed by atoms with Gasteiger partial charge in [0, 0.05) is 12.1 Å². The van der Waals surface area contributed by atoms with Crippen LogP contribution in [0.25, 0.3) is 0 Å². The van der Waals surface area contributed by atoms with Crippen molar-refractivity contribution in [3.05, 3.63) is 54.8 Å². The Hall–Kier alpha value is -2.28. The third-order valence-electron chi connectivity index (χ3n) is 3.94. The molecule has 3 rings (SSSR count). The molecule has 0 aromatic carbocycles. The van der Waals surface area contributed by atoms with E-state index in [9.17, 15) is 4.79 Å². The summed E-state index contributed by atoms with van der Waals surface area (Å²) in [6, 6.07) is 3.76. The number of aromatic nitrogens is 3. The summed E-state index contributed by atoms with van der Waals surface area (Å²) >= 11 is 1.48. The first-order chi connectivity index (χ1) is 11.7. The molecule has 1 aliphatic rings. The summed E-state index contributed by atoms with van der Waals surface area (Å²) in [5.74, 6) is 1.63. The highest BCUT2D eigenvalue weighted by Crippen LogP contribution is 2.25. The molecular formula is C17H20N4O2S. The number of amides is 1. The minimum absolute atomic E-state index is 0.0494. The Bertz CT molecular complexity index is 723. The van der Waals surface area contributed by atoms with Gasteiger partial charge in [0.1, 0.15) is 12.1 Å². The van der Waals surface area contributed by atoms with E-state index in [1.165, 1.54) is 18.1 Å². The van der Waals surface area contributed by atoms with Crippen LogP contribution in [0.4, 0.5) is 0 Å². The number of carbonyl (C=O) groups excluding carboxylic acids is 1. The van der Waals surface area contributed by atoms with E-state index in [1.54, 1.807) is 6.07 Å².